The minimum Gasteiger partial charge on any atom is -0.505 e. The van der Waals surface area contributed by atoms with E-state index in [1.54, 1.807) is 0 Å². The lowest BCUT2D eigenvalue weighted by atomic mass is 10.6. The molecule has 1 nitrogen and oxygen atoms in total. The van der Waals surface area contributed by atoms with E-state index in [1.807, 2.05) is 0 Å². The molecule has 0 amide bonds. The van der Waals surface area contributed by atoms with Gasteiger partial charge in [-0.1, -0.05) is 23.2 Å². The molecule has 1 N–H and O–H groups in total. The van der Waals surface area contributed by atoms with Gasteiger partial charge in [0.1, 0.15) is 10.1 Å². The molecule has 0 saturated heterocycles. The van der Waals surface area contributed by atoms with E-state index in [0.717, 1.165) is 11.3 Å². The zero-order valence-electron chi connectivity index (χ0n) is 3.69. The highest BCUT2D eigenvalue weighted by Gasteiger charge is 2.00. The van der Waals surface area contributed by atoms with E-state index in [-0.39, 0.29) is 5.75 Å². The van der Waals surface area contributed by atoms with Crippen LogP contribution in [0.2, 0.25) is 8.67 Å². The molecule has 0 saturated carbocycles. The molecule has 8 heavy (non-hydrogen) atoms. The Labute approximate surface area is 60.5 Å². The second kappa shape index (κ2) is 2.13. The Kier molecular flexibility index (Phi) is 1.65. The van der Waals surface area contributed by atoms with Gasteiger partial charge in [-0.15, -0.1) is 11.3 Å². The molecular formula is C4H2Cl2OS. The summed E-state index contributed by atoms with van der Waals surface area (Å²) < 4.78 is 0.850. The van der Waals surface area contributed by atoms with Crippen molar-refractivity contribution in [2.45, 2.75) is 0 Å². The van der Waals surface area contributed by atoms with Gasteiger partial charge >= 0.3 is 0 Å². The standard InChI is InChI=1S/C4H2Cl2OS/c5-3-1-2(7)4(6)8-3/h1,7H. The van der Waals surface area contributed by atoms with E-state index in [9.17, 15) is 0 Å². The van der Waals surface area contributed by atoms with Crippen LogP contribution < -0.4 is 0 Å². The number of thiophene rings is 1. The summed E-state index contributed by atoms with van der Waals surface area (Å²) in [5.74, 6) is 0.0571. The first kappa shape index (κ1) is 6.20. The van der Waals surface area contributed by atoms with E-state index >= 15 is 0 Å². The predicted octanol–water partition coefficient (Wildman–Crippen LogP) is 2.76. The van der Waals surface area contributed by atoms with Crippen LogP contribution in [0.25, 0.3) is 0 Å². The highest BCUT2D eigenvalue weighted by molar-refractivity contribution is 7.20. The lowest BCUT2D eigenvalue weighted by Gasteiger charge is -1.76. The average molecular weight is 169 g/mol. The SMILES string of the molecule is Oc1cc(Cl)sc1Cl. The van der Waals surface area contributed by atoms with Crippen LogP contribution in [0.4, 0.5) is 0 Å². The fourth-order valence-electron chi connectivity index (χ4n) is 0.332. The van der Waals surface area contributed by atoms with Crippen molar-refractivity contribution in [3.63, 3.8) is 0 Å². The Morgan fingerprint density at radius 2 is 2.12 bits per heavy atom. The molecule has 0 aromatic carbocycles. The molecule has 0 unspecified atom stereocenters. The van der Waals surface area contributed by atoms with Gasteiger partial charge in [0, 0.05) is 6.07 Å². The van der Waals surface area contributed by atoms with Crippen LogP contribution in [0.15, 0.2) is 6.07 Å². The van der Waals surface area contributed by atoms with Gasteiger partial charge in [0.05, 0.1) is 4.34 Å². The molecule has 0 aliphatic rings. The van der Waals surface area contributed by atoms with Crippen molar-refractivity contribution in [1.29, 1.82) is 0 Å². The first-order valence-corrected chi connectivity index (χ1v) is 3.41. The maximum absolute atomic E-state index is 8.73. The summed E-state index contributed by atoms with van der Waals surface area (Å²) in [6.45, 7) is 0. The topological polar surface area (TPSA) is 20.2 Å². The molecule has 1 aromatic heterocycles. The van der Waals surface area contributed by atoms with Crippen molar-refractivity contribution in [2.24, 2.45) is 0 Å². The molecule has 0 spiro atoms. The molecule has 44 valence electrons. The maximum Gasteiger partial charge on any atom is 0.146 e. The Hall–Kier alpha value is 0.0800. The van der Waals surface area contributed by atoms with Crippen molar-refractivity contribution < 1.29 is 5.11 Å². The van der Waals surface area contributed by atoms with Gasteiger partial charge in [-0.05, 0) is 0 Å². The number of hydrogen-bond donors (Lipinski definition) is 1. The molecule has 1 heterocycles. The Morgan fingerprint density at radius 3 is 2.25 bits per heavy atom. The third-order valence-electron chi connectivity index (χ3n) is 0.639. The summed E-state index contributed by atoms with van der Waals surface area (Å²) in [6.07, 6.45) is 0. The van der Waals surface area contributed by atoms with Gasteiger partial charge in [-0.25, -0.2) is 0 Å². The summed E-state index contributed by atoms with van der Waals surface area (Å²) in [7, 11) is 0. The van der Waals surface area contributed by atoms with Crippen LogP contribution in [0.3, 0.4) is 0 Å². The van der Waals surface area contributed by atoms with Gasteiger partial charge in [0.2, 0.25) is 0 Å². The highest BCUT2D eigenvalue weighted by Crippen LogP contribution is 2.35. The summed E-state index contributed by atoms with van der Waals surface area (Å²) in [5.41, 5.74) is 0. The molecule has 0 fully saturated rings. The van der Waals surface area contributed by atoms with Gasteiger partial charge in [0.15, 0.2) is 0 Å². The summed E-state index contributed by atoms with van der Waals surface area (Å²) in [5, 5.41) is 8.73. The van der Waals surface area contributed by atoms with Crippen molar-refractivity contribution in [1.82, 2.24) is 0 Å². The second-order valence-corrected chi connectivity index (χ2v) is 3.50. The molecule has 1 rings (SSSR count). The number of halogens is 2. The van der Waals surface area contributed by atoms with Crippen LogP contribution in [0.5, 0.6) is 5.75 Å². The molecular weight excluding hydrogens is 167 g/mol. The zero-order chi connectivity index (χ0) is 6.15. The number of hydrogen-bond acceptors (Lipinski definition) is 2. The average Bonchev–Trinajstić information content (AvgIpc) is 1.85. The van der Waals surface area contributed by atoms with Crippen molar-refractivity contribution in [3.05, 3.63) is 14.7 Å². The first-order valence-electron chi connectivity index (χ1n) is 1.84. The van der Waals surface area contributed by atoms with Crippen LogP contribution in [0.1, 0.15) is 0 Å². The Morgan fingerprint density at radius 1 is 1.50 bits per heavy atom. The largest absolute Gasteiger partial charge is 0.505 e. The monoisotopic (exact) mass is 168 g/mol. The van der Waals surface area contributed by atoms with Gasteiger partial charge < -0.3 is 5.11 Å². The predicted molar refractivity (Wildman–Crippen MR) is 36.0 cm³/mol. The quantitative estimate of drug-likeness (QED) is 0.632. The Bertz CT molecular complexity index is 176. The molecule has 0 aliphatic heterocycles. The van der Waals surface area contributed by atoms with Gasteiger partial charge in [-0.2, -0.15) is 0 Å². The fourth-order valence-corrected chi connectivity index (χ4v) is 1.59. The smallest absolute Gasteiger partial charge is 0.146 e. The molecule has 0 radical (unpaired) electrons. The highest BCUT2D eigenvalue weighted by atomic mass is 35.5. The first-order chi connectivity index (χ1) is 3.70. The molecule has 4 heteroatoms. The van der Waals surface area contributed by atoms with Crippen LogP contribution in [0, 0.1) is 0 Å². The van der Waals surface area contributed by atoms with E-state index in [4.69, 9.17) is 28.3 Å². The minimum absolute atomic E-state index is 0.0571. The van der Waals surface area contributed by atoms with E-state index in [0.29, 0.717) is 8.67 Å². The van der Waals surface area contributed by atoms with E-state index in [1.165, 1.54) is 6.07 Å². The van der Waals surface area contributed by atoms with Crippen LogP contribution in [-0.2, 0) is 0 Å². The summed E-state index contributed by atoms with van der Waals surface area (Å²) in [4.78, 5) is 0. The van der Waals surface area contributed by atoms with Crippen LogP contribution in [-0.4, -0.2) is 5.11 Å². The fraction of sp³-hybridized carbons (Fsp3) is 0. The van der Waals surface area contributed by atoms with Crippen LogP contribution >= 0.6 is 34.5 Å². The summed E-state index contributed by atoms with van der Waals surface area (Å²) in [6, 6.07) is 1.41. The maximum atomic E-state index is 8.73. The minimum atomic E-state index is 0.0571. The molecule has 0 aliphatic carbocycles. The lowest BCUT2D eigenvalue weighted by molar-refractivity contribution is 0.478. The number of rotatable bonds is 0. The van der Waals surface area contributed by atoms with E-state index < -0.39 is 0 Å². The van der Waals surface area contributed by atoms with E-state index in [2.05, 4.69) is 0 Å². The molecule has 0 atom stereocenters. The van der Waals surface area contributed by atoms with Gasteiger partial charge in [0.25, 0.3) is 0 Å². The zero-order valence-corrected chi connectivity index (χ0v) is 6.02. The second-order valence-electron chi connectivity index (χ2n) is 1.21. The number of aromatic hydroxyl groups is 1. The summed E-state index contributed by atoms with van der Waals surface area (Å²) >= 11 is 12.0. The van der Waals surface area contributed by atoms with Gasteiger partial charge in [-0.3, -0.25) is 0 Å². The van der Waals surface area contributed by atoms with Crippen molar-refractivity contribution >= 4 is 34.5 Å². The third-order valence-corrected chi connectivity index (χ3v) is 2.11. The lowest BCUT2D eigenvalue weighted by Crippen LogP contribution is -1.47. The molecule has 1 aromatic rings. The van der Waals surface area contributed by atoms with Crippen molar-refractivity contribution in [2.75, 3.05) is 0 Å². The van der Waals surface area contributed by atoms with Crippen molar-refractivity contribution in [3.8, 4) is 5.75 Å². The normalized spacial score (nSPS) is 9.75. The Balaban J connectivity index is 3.14. The molecule has 0 bridgehead atoms. The third kappa shape index (κ3) is 1.08.